The third kappa shape index (κ3) is 3.12. The molecule has 112 valence electrons. The number of Topliss-reactive ketones (excluding diaryl/α,β-unsaturated/α-hetero) is 1. The van der Waals surface area contributed by atoms with E-state index in [4.69, 9.17) is 14.2 Å². The Balaban J connectivity index is 3.29. The molecule has 0 heterocycles. The summed E-state index contributed by atoms with van der Waals surface area (Å²) in [7, 11) is 3.13. The number of hydrogen-bond donors (Lipinski definition) is 0. The first-order chi connectivity index (χ1) is 9.58. The van der Waals surface area contributed by atoms with Crippen LogP contribution in [-0.4, -0.2) is 32.2 Å². The predicted octanol–water partition coefficient (Wildman–Crippen LogP) is 3.48. The van der Waals surface area contributed by atoms with Crippen molar-refractivity contribution in [1.82, 2.24) is 0 Å². The molecule has 1 aromatic rings. The van der Waals surface area contributed by atoms with Crippen molar-refractivity contribution in [1.29, 1.82) is 0 Å². The van der Waals surface area contributed by atoms with Crippen LogP contribution in [0.15, 0.2) is 18.2 Å². The number of methoxy groups -OCH3 is 2. The van der Waals surface area contributed by atoms with Crippen LogP contribution in [0.4, 0.5) is 0 Å². The Morgan fingerprint density at radius 2 is 1.75 bits per heavy atom. The summed E-state index contributed by atoms with van der Waals surface area (Å²) in [6.45, 7) is 6.32. The minimum atomic E-state index is -0.797. The largest absolute Gasteiger partial charge is 0.497 e. The monoisotopic (exact) mass is 280 g/mol. The minimum absolute atomic E-state index is 0.0555. The van der Waals surface area contributed by atoms with Gasteiger partial charge in [-0.1, -0.05) is 13.8 Å². The van der Waals surface area contributed by atoms with Crippen molar-refractivity contribution in [3.63, 3.8) is 0 Å². The maximum absolute atomic E-state index is 12.9. The third-order valence-electron chi connectivity index (χ3n) is 3.63. The molecule has 1 rings (SSSR count). The molecular weight excluding hydrogens is 256 g/mol. The van der Waals surface area contributed by atoms with Crippen LogP contribution in [0, 0.1) is 0 Å². The van der Waals surface area contributed by atoms with Crippen molar-refractivity contribution in [2.75, 3.05) is 20.8 Å². The third-order valence-corrected chi connectivity index (χ3v) is 3.63. The standard InChI is InChI=1S/C16H24O4/c1-6-16(7-2,20-8-3)15(17)13-11-12(18-4)9-10-14(13)19-5/h9-11H,6-8H2,1-5H3. The molecule has 0 aliphatic rings. The summed E-state index contributed by atoms with van der Waals surface area (Å²) in [5, 5.41) is 0. The van der Waals surface area contributed by atoms with Crippen molar-refractivity contribution < 1.29 is 19.0 Å². The molecule has 0 atom stereocenters. The molecule has 0 saturated heterocycles. The van der Waals surface area contributed by atoms with Gasteiger partial charge in [0.2, 0.25) is 0 Å². The maximum Gasteiger partial charge on any atom is 0.198 e. The molecule has 20 heavy (non-hydrogen) atoms. The highest BCUT2D eigenvalue weighted by atomic mass is 16.5. The molecule has 0 unspecified atom stereocenters. The molecule has 0 saturated carbocycles. The first-order valence-corrected chi connectivity index (χ1v) is 6.99. The Morgan fingerprint density at radius 3 is 2.20 bits per heavy atom. The molecule has 0 fully saturated rings. The molecule has 0 aliphatic carbocycles. The van der Waals surface area contributed by atoms with E-state index in [9.17, 15) is 4.79 Å². The number of carbonyl (C=O) groups excluding carboxylic acids is 1. The first-order valence-electron chi connectivity index (χ1n) is 6.99. The van der Waals surface area contributed by atoms with Crippen LogP contribution >= 0.6 is 0 Å². The zero-order chi connectivity index (χ0) is 15.2. The molecule has 0 N–H and O–H groups in total. The molecule has 0 aliphatic heterocycles. The fourth-order valence-electron chi connectivity index (χ4n) is 2.35. The highest BCUT2D eigenvalue weighted by Crippen LogP contribution is 2.32. The Morgan fingerprint density at radius 1 is 1.10 bits per heavy atom. The zero-order valence-electron chi connectivity index (χ0n) is 13.0. The number of ether oxygens (including phenoxy) is 3. The van der Waals surface area contributed by atoms with Crippen molar-refractivity contribution in [2.24, 2.45) is 0 Å². The van der Waals surface area contributed by atoms with E-state index in [2.05, 4.69) is 0 Å². The fraction of sp³-hybridized carbons (Fsp3) is 0.562. The van der Waals surface area contributed by atoms with E-state index in [1.54, 1.807) is 32.4 Å². The lowest BCUT2D eigenvalue weighted by Crippen LogP contribution is -2.40. The van der Waals surface area contributed by atoms with Gasteiger partial charge in [0.05, 0.1) is 19.8 Å². The zero-order valence-corrected chi connectivity index (χ0v) is 13.0. The SMILES string of the molecule is CCOC(CC)(CC)C(=O)c1cc(OC)ccc1OC. The molecule has 0 aromatic heterocycles. The van der Waals surface area contributed by atoms with Gasteiger partial charge in [0.15, 0.2) is 5.78 Å². The smallest absolute Gasteiger partial charge is 0.198 e. The summed E-state index contributed by atoms with van der Waals surface area (Å²) in [6, 6.07) is 5.23. The number of carbonyl (C=O) groups is 1. The highest BCUT2D eigenvalue weighted by molar-refractivity contribution is 6.05. The number of hydrogen-bond acceptors (Lipinski definition) is 4. The van der Waals surface area contributed by atoms with Gasteiger partial charge in [-0.05, 0) is 38.0 Å². The molecule has 0 radical (unpaired) electrons. The number of ketones is 1. The number of rotatable bonds is 8. The van der Waals surface area contributed by atoms with Crippen molar-refractivity contribution in [3.8, 4) is 11.5 Å². The van der Waals surface area contributed by atoms with Gasteiger partial charge in [0.1, 0.15) is 17.1 Å². The van der Waals surface area contributed by atoms with Crippen LogP contribution in [0.25, 0.3) is 0 Å². The minimum Gasteiger partial charge on any atom is -0.497 e. The molecule has 4 heteroatoms. The second-order valence-corrected chi connectivity index (χ2v) is 4.53. The van der Waals surface area contributed by atoms with Crippen molar-refractivity contribution in [2.45, 2.75) is 39.2 Å². The van der Waals surface area contributed by atoms with E-state index in [-0.39, 0.29) is 5.78 Å². The van der Waals surface area contributed by atoms with E-state index in [0.717, 1.165) is 0 Å². The second-order valence-electron chi connectivity index (χ2n) is 4.53. The van der Waals surface area contributed by atoms with E-state index in [0.29, 0.717) is 36.5 Å². The van der Waals surface area contributed by atoms with Gasteiger partial charge in [-0.25, -0.2) is 0 Å². The first kappa shape index (κ1) is 16.5. The van der Waals surface area contributed by atoms with Gasteiger partial charge in [0, 0.05) is 6.61 Å². The fourth-order valence-corrected chi connectivity index (χ4v) is 2.35. The van der Waals surface area contributed by atoms with Gasteiger partial charge >= 0.3 is 0 Å². The summed E-state index contributed by atoms with van der Waals surface area (Å²) >= 11 is 0. The van der Waals surface area contributed by atoms with Crippen molar-refractivity contribution in [3.05, 3.63) is 23.8 Å². The van der Waals surface area contributed by atoms with Gasteiger partial charge in [-0.2, -0.15) is 0 Å². The number of benzene rings is 1. The molecule has 0 bridgehead atoms. The molecule has 0 spiro atoms. The molecule has 4 nitrogen and oxygen atoms in total. The Bertz CT molecular complexity index is 450. The Hall–Kier alpha value is -1.55. The normalized spacial score (nSPS) is 11.2. The second kappa shape index (κ2) is 7.29. The summed E-state index contributed by atoms with van der Waals surface area (Å²) in [5.41, 5.74) is -0.294. The maximum atomic E-state index is 12.9. The van der Waals surface area contributed by atoms with Crippen LogP contribution in [-0.2, 0) is 4.74 Å². The van der Waals surface area contributed by atoms with E-state index in [1.165, 1.54) is 0 Å². The summed E-state index contributed by atoms with van der Waals surface area (Å²) in [6.07, 6.45) is 1.24. The summed E-state index contributed by atoms with van der Waals surface area (Å²) in [5.74, 6) is 1.12. The molecular formula is C16H24O4. The van der Waals surface area contributed by atoms with E-state index >= 15 is 0 Å². The van der Waals surface area contributed by atoms with Crippen LogP contribution < -0.4 is 9.47 Å². The topological polar surface area (TPSA) is 44.8 Å². The average molecular weight is 280 g/mol. The van der Waals surface area contributed by atoms with Crippen LogP contribution in [0.3, 0.4) is 0 Å². The predicted molar refractivity (Wildman–Crippen MR) is 78.8 cm³/mol. The lowest BCUT2D eigenvalue weighted by Gasteiger charge is -2.30. The molecule has 0 amide bonds. The van der Waals surface area contributed by atoms with E-state index < -0.39 is 5.60 Å². The lowest BCUT2D eigenvalue weighted by molar-refractivity contribution is -0.0252. The van der Waals surface area contributed by atoms with Crippen LogP contribution in [0.5, 0.6) is 11.5 Å². The quantitative estimate of drug-likeness (QED) is 0.684. The highest BCUT2D eigenvalue weighted by Gasteiger charge is 2.37. The average Bonchev–Trinajstić information content (AvgIpc) is 2.51. The Labute approximate surface area is 121 Å². The van der Waals surface area contributed by atoms with E-state index in [1.807, 2.05) is 20.8 Å². The van der Waals surface area contributed by atoms with Crippen LogP contribution in [0.2, 0.25) is 0 Å². The summed E-state index contributed by atoms with van der Waals surface area (Å²) < 4.78 is 16.3. The van der Waals surface area contributed by atoms with Gasteiger partial charge in [-0.3, -0.25) is 4.79 Å². The lowest BCUT2D eigenvalue weighted by atomic mass is 9.87. The van der Waals surface area contributed by atoms with Gasteiger partial charge in [-0.15, -0.1) is 0 Å². The molecule has 1 aromatic carbocycles. The van der Waals surface area contributed by atoms with Gasteiger partial charge in [0.25, 0.3) is 0 Å². The van der Waals surface area contributed by atoms with Crippen LogP contribution in [0.1, 0.15) is 44.0 Å². The van der Waals surface area contributed by atoms with Crippen molar-refractivity contribution >= 4 is 5.78 Å². The summed E-state index contributed by atoms with van der Waals surface area (Å²) in [4.78, 5) is 12.9. The van der Waals surface area contributed by atoms with Gasteiger partial charge < -0.3 is 14.2 Å². The Kier molecular flexibility index (Phi) is 6.02.